The average molecular weight is 283 g/mol. The van der Waals surface area contributed by atoms with Crippen molar-refractivity contribution in [1.29, 1.82) is 0 Å². The van der Waals surface area contributed by atoms with Crippen LogP contribution >= 0.6 is 0 Å². The van der Waals surface area contributed by atoms with Gasteiger partial charge in [-0.1, -0.05) is 68.8 Å². The maximum absolute atomic E-state index is 11.2. The monoisotopic (exact) mass is 283 g/mol. The van der Waals surface area contributed by atoms with Crippen LogP contribution in [0.1, 0.15) is 39.2 Å². The lowest BCUT2D eigenvalue weighted by Gasteiger charge is -2.07. The molecule has 2 rings (SSSR count). The number of aryl methyl sites for hydroxylation is 1. The highest BCUT2D eigenvalue weighted by Crippen LogP contribution is 2.20. The van der Waals surface area contributed by atoms with Gasteiger partial charge in [-0.2, -0.15) is 0 Å². The second-order valence-electron chi connectivity index (χ2n) is 5.27. The van der Waals surface area contributed by atoms with Crippen LogP contribution in [0.25, 0.3) is 11.1 Å². The molecule has 2 nitrogen and oxygen atoms in total. The van der Waals surface area contributed by atoms with E-state index in [1.165, 1.54) is 23.1 Å². The normalized spacial score (nSPS) is 10.4. The number of benzene rings is 2. The van der Waals surface area contributed by atoms with Gasteiger partial charge in [-0.25, -0.2) is 0 Å². The summed E-state index contributed by atoms with van der Waals surface area (Å²) in [7, 11) is 0. The minimum Gasteiger partial charge on any atom is -0.352 e. The number of amides is 1. The Morgan fingerprint density at radius 3 is 1.90 bits per heavy atom. The van der Waals surface area contributed by atoms with Gasteiger partial charge in [0.05, 0.1) is 0 Å². The maximum Gasteiger partial charge on any atom is 0.219 e. The molecular weight excluding hydrogens is 258 g/mol. The molecule has 0 aliphatic rings. The zero-order chi connectivity index (χ0) is 15.1. The van der Waals surface area contributed by atoms with Crippen LogP contribution in [0.5, 0.6) is 0 Å². The molecule has 0 atom stereocenters. The quantitative estimate of drug-likeness (QED) is 0.826. The van der Waals surface area contributed by atoms with Crippen LogP contribution in [-0.2, 0) is 17.8 Å². The number of hydrogen-bond donors (Lipinski definition) is 1. The second-order valence-corrected chi connectivity index (χ2v) is 5.27. The molecule has 0 saturated heterocycles. The summed E-state index contributed by atoms with van der Waals surface area (Å²) in [6.07, 6.45) is 2.84. The van der Waals surface area contributed by atoms with Gasteiger partial charge in [0, 0.05) is 14.4 Å². The topological polar surface area (TPSA) is 29.1 Å². The summed E-state index contributed by atoms with van der Waals surface area (Å²) < 4.78 is 0. The third-order valence-electron chi connectivity index (χ3n) is 3.59. The molecule has 0 aromatic heterocycles. The second kappa shape index (κ2) is 7.63. The number of carbonyl (C=O) groups excluding carboxylic acids is 1. The van der Waals surface area contributed by atoms with Crippen molar-refractivity contribution in [3.05, 3.63) is 59.7 Å². The van der Waals surface area contributed by atoms with Gasteiger partial charge in [0.1, 0.15) is 0 Å². The highest BCUT2D eigenvalue weighted by molar-refractivity contribution is 5.75. The third kappa shape index (κ3) is 4.45. The van der Waals surface area contributed by atoms with E-state index in [2.05, 4.69) is 60.8 Å². The van der Waals surface area contributed by atoms with Crippen molar-refractivity contribution in [2.75, 3.05) is 0 Å². The van der Waals surface area contributed by atoms with Gasteiger partial charge in [0.25, 0.3) is 0 Å². The Morgan fingerprint density at radius 2 is 1.43 bits per heavy atom. The summed E-state index contributed by atoms with van der Waals surface area (Å²) in [4.78, 5) is 11.2. The van der Waals surface area contributed by atoms with Gasteiger partial charge < -0.3 is 5.32 Å². The number of carbonyl (C=O) groups is 1. The molecule has 21 heavy (non-hydrogen) atoms. The van der Waals surface area contributed by atoms with E-state index in [-0.39, 0.29) is 7.33 Å². The fourth-order valence-electron chi connectivity index (χ4n) is 2.29. The summed E-state index contributed by atoms with van der Waals surface area (Å²) in [5, 5.41) is 2.89. The molecule has 0 aliphatic carbocycles. The number of nitrogens with one attached hydrogen (secondary N) is 1. The van der Waals surface area contributed by atoms with Crippen LogP contribution in [0.4, 0.5) is 0 Å². The lowest BCUT2D eigenvalue weighted by Crippen LogP contribution is -2.21. The summed E-state index contributed by atoms with van der Waals surface area (Å²) in [5.74, 6) is 0.0885. The first kappa shape index (κ1) is 15.3. The number of rotatable bonds is 6. The fraction of sp³-hybridized carbons (Fsp3) is 0.316. The third-order valence-corrected chi connectivity index (χ3v) is 3.59. The van der Waals surface area contributed by atoms with E-state index in [1.54, 1.807) is 0 Å². The standard InChI is InChI=1S/C19H23NO.H2/c1-3-5-15-6-10-17(11-7-15)18-12-8-16(9-13-18)14-20-19(21)4-2;/h6-13H,3-5,14H2,1-2H3,(H,20,21);1H. The Kier molecular flexibility index (Phi) is 5.56. The summed E-state index contributed by atoms with van der Waals surface area (Å²) in [6, 6.07) is 17.1. The molecule has 0 radical (unpaired) electrons. The molecule has 0 saturated carbocycles. The Labute approximate surface area is 128 Å². The molecule has 1 N–H and O–H groups in total. The van der Waals surface area contributed by atoms with Crippen molar-refractivity contribution in [1.82, 2.24) is 5.32 Å². The minimum absolute atomic E-state index is 0. The highest BCUT2D eigenvalue weighted by atomic mass is 16.1. The molecule has 112 valence electrons. The van der Waals surface area contributed by atoms with Crippen LogP contribution in [0, 0.1) is 0 Å². The van der Waals surface area contributed by atoms with Gasteiger partial charge >= 0.3 is 0 Å². The van der Waals surface area contributed by atoms with E-state index >= 15 is 0 Å². The first-order valence-electron chi connectivity index (χ1n) is 7.68. The molecule has 0 spiro atoms. The Hall–Kier alpha value is -2.09. The zero-order valence-electron chi connectivity index (χ0n) is 12.9. The Morgan fingerprint density at radius 1 is 0.905 bits per heavy atom. The van der Waals surface area contributed by atoms with Gasteiger partial charge in [0.15, 0.2) is 0 Å². The predicted molar refractivity (Wildman–Crippen MR) is 90.1 cm³/mol. The average Bonchev–Trinajstić information content (AvgIpc) is 2.54. The van der Waals surface area contributed by atoms with Crippen molar-refractivity contribution >= 4 is 5.91 Å². The van der Waals surface area contributed by atoms with Crippen molar-refractivity contribution in [2.24, 2.45) is 0 Å². The summed E-state index contributed by atoms with van der Waals surface area (Å²) >= 11 is 0. The van der Waals surface area contributed by atoms with Gasteiger partial charge in [0.2, 0.25) is 5.91 Å². The molecule has 2 aromatic rings. The minimum atomic E-state index is 0. The smallest absolute Gasteiger partial charge is 0.219 e. The first-order chi connectivity index (χ1) is 10.2. The van der Waals surface area contributed by atoms with E-state index in [9.17, 15) is 4.79 Å². The summed E-state index contributed by atoms with van der Waals surface area (Å²) in [5.41, 5.74) is 4.96. The SMILES string of the molecule is CCCc1ccc(-c2ccc(CNC(=O)CC)cc2)cc1.[HH]. The lowest BCUT2D eigenvalue weighted by molar-refractivity contribution is -0.120. The van der Waals surface area contributed by atoms with Crippen molar-refractivity contribution in [2.45, 2.75) is 39.7 Å². The molecular formula is C19H25NO. The molecule has 2 heteroatoms. The lowest BCUT2D eigenvalue weighted by atomic mass is 10.0. The number of hydrogen-bond acceptors (Lipinski definition) is 1. The van der Waals surface area contributed by atoms with Crippen molar-refractivity contribution in [3.63, 3.8) is 0 Å². The van der Waals surface area contributed by atoms with E-state index < -0.39 is 0 Å². The zero-order valence-corrected chi connectivity index (χ0v) is 12.9. The fourth-order valence-corrected chi connectivity index (χ4v) is 2.29. The van der Waals surface area contributed by atoms with Gasteiger partial charge in [-0.15, -0.1) is 0 Å². The molecule has 2 aromatic carbocycles. The molecule has 0 aliphatic heterocycles. The van der Waals surface area contributed by atoms with Crippen LogP contribution < -0.4 is 5.32 Å². The van der Waals surface area contributed by atoms with Crippen LogP contribution in [0.3, 0.4) is 0 Å². The Bertz CT molecular complexity index is 575. The van der Waals surface area contributed by atoms with Gasteiger partial charge in [-0.3, -0.25) is 4.79 Å². The summed E-state index contributed by atoms with van der Waals surface area (Å²) in [6.45, 7) is 4.66. The molecule has 0 unspecified atom stereocenters. The predicted octanol–water partition coefficient (Wildman–Crippen LogP) is 4.58. The Balaban J connectivity index is 0.00000242. The first-order valence-corrected chi connectivity index (χ1v) is 7.68. The van der Waals surface area contributed by atoms with Crippen LogP contribution in [0.15, 0.2) is 48.5 Å². The molecule has 0 fully saturated rings. The largest absolute Gasteiger partial charge is 0.352 e. The van der Waals surface area contributed by atoms with E-state index in [1.807, 2.05) is 6.92 Å². The van der Waals surface area contributed by atoms with E-state index in [0.29, 0.717) is 13.0 Å². The van der Waals surface area contributed by atoms with Gasteiger partial charge in [-0.05, 0) is 28.7 Å². The molecule has 0 heterocycles. The van der Waals surface area contributed by atoms with Crippen molar-refractivity contribution in [3.8, 4) is 11.1 Å². The molecule has 0 bridgehead atoms. The highest BCUT2D eigenvalue weighted by Gasteiger charge is 2.00. The molecule has 1 amide bonds. The van der Waals surface area contributed by atoms with E-state index in [0.717, 1.165) is 12.0 Å². The van der Waals surface area contributed by atoms with E-state index in [4.69, 9.17) is 0 Å². The maximum atomic E-state index is 11.2. The van der Waals surface area contributed by atoms with Crippen LogP contribution in [-0.4, -0.2) is 5.91 Å². The van der Waals surface area contributed by atoms with Crippen molar-refractivity contribution < 1.29 is 6.22 Å². The van der Waals surface area contributed by atoms with Crippen LogP contribution in [0.2, 0.25) is 0 Å².